The van der Waals surface area contributed by atoms with Crippen LogP contribution in [0.4, 0.5) is 5.69 Å². The molecule has 1 aromatic carbocycles. The van der Waals surface area contributed by atoms with Gasteiger partial charge in [0.2, 0.25) is 0 Å². The van der Waals surface area contributed by atoms with Gasteiger partial charge in [0.25, 0.3) is 5.69 Å². The van der Waals surface area contributed by atoms with Crippen molar-refractivity contribution in [1.29, 1.82) is 0 Å². The number of rotatable bonds is 1. The molecule has 0 radical (unpaired) electrons. The standard InChI is InChI=1S/C6H5NO3.C2H6OS/c8-6-3-1-5(2-4-6)7(9)10;1-4(2)3/h1-4,8H;1-2H3. The molecule has 0 unspecified atom stereocenters. The van der Waals surface area contributed by atoms with Crippen molar-refractivity contribution in [2.45, 2.75) is 0 Å². The van der Waals surface area contributed by atoms with E-state index in [1.807, 2.05) is 0 Å². The molecule has 14 heavy (non-hydrogen) atoms. The Kier molecular flexibility index (Phi) is 5.66. The minimum Gasteiger partial charge on any atom is -0.617 e. The molecule has 0 atom stereocenters. The van der Waals surface area contributed by atoms with Gasteiger partial charge in [0.15, 0.2) is 0 Å². The number of hydrogen-bond acceptors (Lipinski definition) is 4. The Morgan fingerprint density at radius 2 is 1.64 bits per heavy atom. The predicted molar refractivity (Wildman–Crippen MR) is 54.8 cm³/mol. The van der Waals surface area contributed by atoms with Crippen LogP contribution in [0.25, 0.3) is 0 Å². The van der Waals surface area contributed by atoms with E-state index in [-0.39, 0.29) is 11.4 Å². The minimum absolute atomic E-state index is 0.0159. The zero-order valence-corrected chi connectivity index (χ0v) is 8.65. The molecule has 0 spiro atoms. The molecule has 0 saturated carbocycles. The highest BCUT2D eigenvalue weighted by atomic mass is 32.2. The molecule has 0 aliphatic rings. The summed E-state index contributed by atoms with van der Waals surface area (Å²) in [6.07, 6.45) is 3.28. The van der Waals surface area contributed by atoms with Crippen LogP contribution in [0.2, 0.25) is 0 Å². The van der Waals surface area contributed by atoms with Gasteiger partial charge in [-0.1, -0.05) is 11.2 Å². The number of non-ortho nitro benzene ring substituents is 1. The molecule has 1 rings (SSSR count). The Morgan fingerprint density at radius 3 is 1.93 bits per heavy atom. The topological polar surface area (TPSA) is 86.4 Å². The van der Waals surface area contributed by atoms with Gasteiger partial charge in [-0.05, 0) is 12.1 Å². The van der Waals surface area contributed by atoms with Crippen LogP contribution in [0.3, 0.4) is 0 Å². The van der Waals surface area contributed by atoms with E-state index in [0.29, 0.717) is 0 Å². The van der Waals surface area contributed by atoms with Crippen molar-refractivity contribution in [2.75, 3.05) is 12.5 Å². The summed E-state index contributed by atoms with van der Waals surface area (Å²) in [6, 6.07) is 5.04. The summed E-state index contributed by atoms with van der Waals surface area (Å²) in [5.74, 6) is 0.0330. The zero-order valence-electron chi connectivity index (χ0n) is 7.84. The molecule has 0 heterocycles. The van der Waals surface area contributed by atoms with E-state index in [4.69, 9.17) is 5.11 Å². The van der Waals surface area contributed by atoms with Crippen molar-refractivity contribution in [2.24, 2.45) is 0 Å². The van der Waals surface area contributed by atoms with E-state index in [0.717, 1.165) is 0 Å². The first-order valence-electron chi connectivity index (χ1n) is 3.62. The molecule has 0 saturated heterocycles. The molecule has 0 aliphatic carbocycles. The second-order valence-electron chi connectivity index (χ2n) is 2.52. The third kappa shape index (κ3) is 6.27. The molecule has 0 fully saturated rings. The molecular weight excluding hydrogens is 206 g/mol. The lowest BCUT2D eigenvalue weighted by Gasteiger charge is -1.89. The lowest BCUT2D eigenvalue weighted by Crippen LogP contribution is -1.86. The van der Waals surface area contributed by atoms with E-state index in [1.54, 1.807) is 12.5 Å². The number of nitro groups is 1. The molecule has 0 aromatic heterocycles. The van der Waals surface area contributed by atoms with Crippen LogP contribution in [-0.4, -0.2) is 27.1 Å². The lowest BCUT2D eigenvalue weighted by molar-refractivity contribution is -0.384. The largest absolute Gasteiger partial charge is 0.617 e. The highest BCUT2D eigenvalue weighted by Crippen LogP contribution is 2.14. The van der Waals surface area contributed by atoms with Crippen LogP contribution in [-0.2, 0) is 11.2 Å². The Morgan fingerprint density at radius 1 is 1.29 bits per heavy atom. The third-order valence-corrected chi connectivity index (χ3v) is 1.06. The third-order valence-electron chi connectivity index (χ3n) is 1.06. The molecule has 1 N–H and O–H groups in total. The van der Waals surface area contributed by atoms with Crippen LogP contribution >= 0.6 is 0 Å². The number of phenols is 1. The minimum atomic E-state index is -0.611. The fourth-order valence-electron chi connectivity index (χ4n) is 0.574. The summed E-state index contributed by atoms with van der Waals surface area (Å²) in [7, 11) is 0. The van der Waals surface area contributed by atoms with Gasteiger partial charge in [-0.15, -0.1) is 0 Å². The van der Waals surface area contributed by atoms with E-state index < -0.39 is 16.1 Å². The van der Waals surface area contributed by atoms with Gasteiger partial charge in [-0.3, -0.25) is 10.1 Å². The summed E-state index contributed by atoms with van der Waals surface area (Å²) >= 11 is -0.611. The fraction of sp³-hybridized carbons (Fsp3) is 0.250. The number of nitrogens with zero attached hydrogens (tertiary/aromatic N) is 1. The van der Waals surface area contributed by atoms with Gasteiger partial charge in [0.05, 0.1) is 17.4 Å². The maximum absolute atomic E-state index is 10.0. The van der Waals surface area contributed by atoms with Gasteiger partial charge >= 0.3 is 0 Å². The highest BCUT2D eigenvalue weighted by Gasteiger charge is 2.01. The summed E-state index contributed by atoms with van der Waals surface area (Å²) < 4.78 is 9.56. The lowest BCUT2D eigenvalue weighted by atomic mass is 10.3. The van der Waals surface area contributed by atoms with E-state index in [2.05, 4.69) is 0 Å². The first-order valence-corrected chi connectivity index (χ1v) is 5.58. The van der Waals surface area contributed by atoms with Crippen molar-refractivity contribution >= 4 is 16.9 Å². The van der Waals surface area contributed by atoms with Crippen molar-refractivity contribution < 1.29 is 14.6 Å². The Bertz CT molecular complexity index is 283. The molecule has 0 aliphatic heterocycles. The van der Waals surface area contributed by atoms with Crippen molar-refractivity contribution in [1.82, 2.24) is 0 Å². The van der Waals surface area contributed by atoms with E-state index in [1.165, 1.54) is 24.3 Å². The average Bonchev–Trinajstić information content (AvgIpc) is 2.03. The van der Waals surface area contributed by atoms with Gasteiger partial charge in [0.1, 0.15) is 5.75 Å². The normalized spacial score (nSPS) is 9.14. The van der Waals surface area contributed by atoms with Crippen LogP contribution in [0.15, 0.2) is 24.3 Å². The number of hydrogen-bond donors (Lipinski definition) is 1. The molecule has 0 amide bonds. The maximum Gasteiger partial charge on any atom is 0.269 e. The Balaban J connectivity index is 0.000000364. The number of phenolic OH excluding ortho intramolecular Hbond substituents is 1. The SMILES string of the molecule is C[S+](C)[O-].O=[N+]([O-])c1ccc(O)cc1. The molecular formula is C8H11NO4S. The van der Waals surface area contributed by atoms with Crippen LogP contribution < -0.4 is 0 Å². The smallest absolute Gasteiger partial charge is 0.269 e. The van der Waals surface area contributed by atoms with Crippen molar-refractivity contribution in [3.8, 4) is 5.75 Å². The first-order chi connectivity index (χ1) is 6.43. The first kappa shape index (κ1) is 12.7. The van der Waals surface area contributed by atoms with E-state index >= 15 is 0 Å². The zero-order chi connectivity index (χ0) is 11.1. The molecule has 0 bridgehead atoms. The Hall–Kier alpha value is -1.27. The van der Waals surface area contributed by atoms with Gasteiger partial charge in [-0.25, -0.2) is 0 Å². The summed E-state index contributed by atoms with van der Waals surface area (Å²) in [6.45, 7) is 0. The quantitative estimate of drug-likeness (QED) is 0.436. The molecule has 5 nitrogen and oxygen atoms in total. The molecule has 1 aromatic rings. The van der Waals surface area contributed by atoms with Gasteiger partial charge in [0, 0.05) is 12.1 Å². The van der Waals surface area contributed by atoms with Gasteiger partial charge < -0.3 is 9.66 Å². The van der Waals surface area contributed by atoms with Crippen LogP contribution in [0, 0.1) is 10.1 Å². The summed E-state index contributed by atoms with van der Waals surface area (Å²) in [5.41, 5.74) is -0.0159. The van der Waals surface area contributed by atoms with Gasteiger partial charge in [-0.2, -0.15) is 0 Å². The predicted octanol–water partition coefficient (Wildman–Crippen LogP) is 1.30. The second kappa shape index (κ2) is 6.22. The maximum atomic E-state index is 10.0. The Labute approximate surface area is 84.7 Å². The molecule has 6 heteroatoms. The number of aromatic hydroxyl groups is 1. The summed E-state index contributed by atoms with van der Waals surface area (Å²) in [5, 5.41) is 18.8. The average molecular weight is 217 g/mol. The highest BCUT2D eigenvalue weighted by molar-refractivity contribution is 7.89. The summed E-state index contributed by atoms with van der Waals surface area (Å²) in [4.78, 5) is 9.52. The van der Waals surface area contributed by atoms with E-state index in [9.17, 15) is 14.7 Å². The van der Waals surface area contributed by atoms with Crippen LogP contribution in [0.1, 0.15) is 0 Å². The number of benzene rings is 1. The number of nitro benzene ring substituents is 1. The van der Waals surface area contributed by atoms with Crippen molar-refractivity contribution in [3.63, 3.8) is 0 Å². The monoisotopic (exact) mass is 217 g/mol. The second-order valence-corrected chi connectivity index (χ2v) is 4.00. The van der Waals surface area contributed by atoms with Crippen LogP contribution in [0.5, 0.6) is 5.75 Å². The fourth-order valence-corrected chi connectivity index (χ4v) is 0.574. The van der Waals surface area contributed by atoms with Crippen molar-refractivity contribution in [3.05, 3.63) is 34.4 Å². The molecule has 78 valence electrons.